The van der Waals surface area contributed by atoms with Gasteiger partial charge in [-0.1, -0.05) is 17.3 Å². The number of pyridine rings is 1. The Balaban J connectivity index is 1.48. The van der Waals surface area contributed by atoms with Crippen LogP contribution in [0.4, 0.5) is 13.2 Å². The van der Waals surface area contributed by atoms with Crippen molar-refractivity contribution >= 4 is 11.1 Å². The first-order valence-electron chi connectivity index (χ1n) is 9.03. The Morgan fingerprint density at radius 1 is 1.19 bits per heavy atom. The quantitative estimate of drug-likeness (QED) is 0.644. The molecule has 1 aromatic carbocycles. The minimum absolute atomic E-state index is 0.0532. The maximum Gasteiger partial charge on any atom is 0.264 e. The molecule has 4 rings (SSSR count). The van der Waals surface area contributed by atoms with Crippen molar-refractivity contribution in [2.75, 3.05) is 13.1 Å². The van der Waals surface area contributed by atoms with E-state index in [4.69, 9.17) is 4.52 Å². The highest BCUT2D eigenvalue weighted by Crippen LogP contribution is 2.34. The molecule has 1 aliphatic rings. The van der Waals surface area contributed by atoms with E-state index in [1.54, 1.807) is 19.1 Å². The highest BCUT2D eigenvalue weighted by molar-refractivity contribution is 5.80. The summed E-state index contributed by atoms with van der Waals surface area (Å²) >= 11 is 0. The number of likely N-dealkylation sites (tertiary alicyclic amines) is 1. The lowest BCUT2D eigenvalue weighted by atomic mass is 9.91. The molecule has 0 amide bonds. The Labute approximate surface area is 155 Å². The highest BCUT2D eigenvalue weighted by atomic mass is 19.3. The van der Waals surface area contributed by atoms with Gasteiger partial charge in [-0.05, 0) is 56.6 Å². The van der Waals surface area contributed by atoms with E-state index < -0.39 is 6.43 Å². The van der Waals surface area contributed by atoms with E-state index in [1.165, 1.54) is 18.2 Å². The minimum atomic E-state index is -2.59. The Kier molecular flexibility index (Phi) is 4.86. The van der Waals surface area contributed by atoms with Crippen molar-refractivity contribution in [3.05, 3.63) is 58.7 Å². The highest BCUT2D eigenvalue weighted by Gasteiger charge is 2.26. The van der Waals surface area contributed by atoms with Gasteiger partial charge >= 0.3 is 0 Å². The summed E-state index contributed by atoms with van der Waals surface area (Å²) in [5.41, 5.74) is 2.28. The van der Waals surface area contributed by atoms with Crippen molar-refractivity contribution in [1.29, 1.82) is 0 Å². The SMILES string of the molecule is Cc1noc2nc(C3CCN(Cc4ccc(F)cc4)CC3)cc(C(F)F)c12. The molecule has 0 radical (unpaired) electrons. The minimum Gasteiger partial charge on any atom is -0.336 e. The van der Waals surface area contributed by atoms with E-state index in [0.29, 0.717) is 16.8 Å². The van der Waals surface area contributed by atoms with Crippen LogP contribution in [0, 0.1) is 12.7 Å². The number of benzene rings is 1. The molecule has 0 aliphatic carbocycles. The molecule has 0 atom stereocenters. The number of aryl methyl sites for hydroxylation is 1. The van der Waals surface area contributed by atoms with Gasteiger partial charge in [-0.15, -0.1) is 0 Å². The number of alkyl halides is 2. The lowest BCUT2D eigenvalue weighted by Crippen LogP contribution is -2.32. The van der Waals surface area contributed by atoms with Gasteiger partial charge in [0.05, 0.1) is 11.1 Å². The summed E-state index contributed by atoms with van der Waals surface area (Å²) in [5, 5.41) is 4.11. The fourth-order valence-corrected chi connectivity index (χ4v) is 3.76. The van der Waals surface area contributed by atoms with Gasteiger partial charge in [0.25, 0.3) is 12.1 Å². The van der Waals surface area contributed by atoms with E-state index in [-0.39, 0.29) is 23.0 Å². The molecule has 7 heteroatoms. The van der Waals surface area contributed by atoms with Crippen LogP contribution in [0.3, 0.4) is 0 Å². The molecular weight excluding hydrogens is 355 g/mol. The summed E-state index contributed by atoms with van der Waals surface area (Å²) in [5.74, 6) is -0.127. The smallest absolute Gasteiger partial charge is 0.264 e. The van der Waals surface area contributed by atoms with Crippen molar-refractivity contribution in [2.45, 2.75) is 38.7 Å². The van der Waals surface area contributed by atoms with Gasteiger partial charge < -0.3 is 4.52 Å². The van der Waals surface area contributed by atoms with E-state index >= 15 is 0 Å². The van der Waals surface area contributed by atoms with Crippen molar-refractivity contribution in [3.8, 4) is 0 Å². The normalized spacial score (nSPS) is 16.5. The van der Waals surface area contributed by atoms with E-state index in [2.05, 4.69) is 15.0 Å². The maximum atomic E-state index is 13.5. The largest absolute Gasteiger partial charge is 0.336 e. The number of hydrogen-bond acceptors (Lipinski definition) is 4. The van der Waals surface area contributed by atoms with Crippen molar-refractivity contribution < 1.29 is 17.7 Å². The second kappa shape index (κ2) is 7.31. The number of rotatable bonds is 4. The molecule has 0 unspecified atom stereocenters. The van der Waals surface area contributed by atoms with Crippen molar-refractivity contribution in [3.63, 3.8) is 0 Å². The zero-order valence-electron chi connectivity index (χ0n) is 15.0. The number of piperidine rings is 1. The van der Waals surface area contributed by atoms with Crippen LogP contribution in [-0.2, 0) is 6.54 Å². The molecule has 0 bridgehead atoms. The fraction of sp³-hybridized carbons (Fsp3) is 0.400. The molecular formula is C20H20F3N3O. The Morgan fingerprint density at radius 2 is 1.89 bits per heavy atom. The van der Waals surface area contributed by atoms with E-state index in [1.807, 2.05) is 0 Å². The molecule has 0 saturated carbocycles. The monoisotopic (exact) mass is 375 g/mol. The summed E-state index contributed by atoms with van der Waals surface area (Å²) in [6.07, 6.45) is -0.934. The van der Waals surface area contributed by atoms with Crippen LogP contribution in [0.25, 0.3) is 11.1 Å². The topological polar surface area (TPSA) is 42.2 Å². The first-order valence-corrected chi connectivity index (χ1v) is 9.03. The second-order valence-corrected chi connectivity index (χ2v) is 7.06. The average Bonchev–Trinajstić information content (AvgIpc) is 3.04. The molecule has 142 valence electrons. The maximum absolute atomic E-state index is 13.5. The first-order chi connectivity index (χ1) is 13.0. The number of nitrogens with zero attached hydrogens (tertiary/aromatic N) is 3. The predicted molar refractivity (Wildman–Crippen MR) is 95.2 cm³/mol. The van der Waals surface area contributed by atoms with Gasteiger partial charge in [0.15, 0.2) is 0 Å². The van der Waals surface area contributed by atoms with Crippen LogP contribution in [0.15, 0.2) is 34.9 Å². The van der Waals surface area contributed by atoms with Crippen molar-refractivity contribution in [2.24, 2.45) is 0 Å². The van der Waals surface area contributed by atoms with Gasteiger partial charge in [-0.2, -0.15) is 0 Å². The summed E-state index contributed by atoms with van der Waals surface area (Å²) in [6, 6.07) is 8.02. The van der Waals surface area contributed by atoms with Crippen LogP contribution in [-0.4, -0.2) is 28.1 Å². The van der Waals surface area contributed by atoms with Gasteiger partial charge in [0.2, 0.25) is 0 Å². The summed E-state index contributed by atoms with van der Waals surface area (Å²) < 4.78 is 45.2. The summed E-state index contributed by atoms with van der Waals surface area (Å²) in [7, 11) is 0. The molecule has 4 nitrogen and oxygen atoms in total. The fourth-order valence-electron chi connectivity index (χ4n) is 3.76. The third-order valence-corrected chi connectivity index (χ3v) is 5.23. The van der Waals surface area contributed by atoms with Gasteiger partial charge in [-0.3, -0.25) is 4.90 Å². The Hall–Kier alpha value is -2.41. The molecule has 3 heterocycles. The van der Waals surface area contributed by atoms with Crippen LogP contribution in [0.2, 0.25) is 0 Å². The van der Waals surface area contributed by atoms with Crippen LogP contribution < -0.4 is 0 Å². The second-order valence-electron chi connectivity index (χ2n) is 7.06. The third kappa shape index (κ3) is 3.69. The lowest BCUT2D eigenvalue weighted by molar-refractivity contribution is 0.152. The van der Waals surface area contributed by atoms with Crippen molar-refractivity contribution in [1.82, 2.24) is 15.0 Å². The van der Waals surface area contributed by atoms with Gasteiger partial charge in [0, 0.05) is 23.7 Å². The standard InChI is InChI=1S/C20H20F3N3O/c1-12-18-16(19(22)23)10-17(24-20(18)27-25-12)14-6-8-26(9-7-14)11-13-2-4-15(21)5-3-13/h2-5,10,14,19H,6-9,11H2,1H3. The van der Waals surface area contributed by atoms with Gasteiger partial charge in [0.1, 0.15) is 5.82 Å². The average molecular weight is 375 g/mol. The molecule has 2 aromatic heterocycles. The molecule has 27 heavy (non-hydrogen) atoms. The third-order valence-electron chi connectivity index (χ3n) is 5.23. The number of aromatic nitrogens is 2. The Bertz CT molecular complexity index is 932. The molecule has 1 fully saturated rings. The van der Waals surface area contributed by atoms with E-state index in [0.717, 1.165) is 38.0 Å². The van der Waals surface area contributed by atoms with Crippen LogP contribution in [0.1, 0.15) is 47.7 Å². The Morgan fingerprint density at radius 3 is 2.56 bits per heavy atom. The number of hydrogen-bond donors (Lipinski definition) is 0. The van der Waals surface area contributed by atoms with Gasteiger partial charge in [-0.25, -0.2) is 18.2 Å². The van der Waals surface area contributed by atoms with E-state index in [9.17, 15) is 13.2 Å². The zero-order chi connectivity index (χ0) is 19.0. The molecule has 1 aliphatic heterocycles. The molecule has 3 aromatic rings. The molecule has 0 spiro atoms. The lowest BCUT2D eigenvalue weighted by Gasteiger charge is -2.31. The summed E-state index contributed by atoms with van der Waals surface area (Å²) in [4.78, 5) is 6.75. The zero-order valence-corrected chi connectivity index (χ0v) is 15.0. The molecule has 1 saturated heterocycles. The summed E-state index contributed by atoms with van der Waals surface area (Å²) in [6.45, 7) is 4.07. The van der Waals surface area contributed by atoms with Crippen LogP contribution in [0.5, 0.6) is 0 Å². The first kappa shape index (κ1) is 18.0. The predicted octanol–water partition coefficient (Wildman–Crippen LogP) is 4.99. The number of halogens is 3. The number of fused-ring (bicyclic) bond motifs is 1. The van der Waals surface area contributed by atoms with Crippen LogP contribution >= 0.6 is 0 Å². The molecule has 0 N–H and O–H groups in total.